The van der Waals surface area contributed by atoms with E-state index in [4.69, 9.17) is 0 Å². The molecular weight excluding hydrogens is 232 g/mol. The fraction of sp³-hybridized carbons (Fsp3) is 0.857. The van der Waals surface area contributed by atoms with Gasteiger partial charge < -0.3 is 10.2 Å². The normalized spacial score (nSPS) is 22.1. The minimum absolute atomic E-state index is 0.148. The third-order valence-corrected chi connectivity index (χ3v) is 4.81. The SMILES string of the molecule is O=C(O)C(C(=O)O)C(C1CCCC1)C1CCCC1. The number of rotatable bonds is 5. The second-order valence-electron chi connectivity index (χ2n) is 5.82. The summed E-state index contributed by atoms with van der Waals surface area (Å²) in [5, 5.41) is 18.5. The van der Waals surface area contributed by atoms with E-state index in [9.17, 15) is 19.8 Å². The first-order chi connectivity index (χ1) is 8.61. The molecule has 102 valence electrons. The summed E-state index contributed by atoms with van der Waals surface area (Å²) in [7, 11) is 0. The summed E-state index contributed by atoms with van der Waals surface area (Å²) in [6.07, 6.45) is 8.55. The zero-order chi connectivity index (χ0) is 13.1. The molecule has 2 rings (SSSR count). The molecule has 0 unspecified atom stereocenters. The minimum Gasteiger partial charge on any atom is -0.481 e. The highest BCUT2D eigenvalue weighted by molar-refractivity contribution is 5.93. The average molecular weight is 254 g/mol. The first kappa shape index (κ1) is 13.4. The lowest BCUT2D eigenvalue weighted by Gasteiger charge is -2.32. The summed E-state index contributed by atoms with van der Waals surface area (Å²) in [5.41, 5.74) is 0. The number of carboxylic acid groups (broad SMARTS) is 2. The lowest BCUT2D eigenvalue weighted by Crippen LogP contribution is -2.38. The predicted octanol–water partition coefficient (Wildman–Crippen LogP) is 2.77. The second-order valence-corrected chi connectivity index (χ2v) is 5.82. The topological polar surface area (TPSA) is 74.6 Å². The van der Waals surface area contributed by atoms with Crippen molar-refractivity contribution < 1.29 is 19.8 Å². The number of carboxylic acids is 2. The third-order valence-electron chi connectivity index (χ3n) is 4.81. The van der Waals surface area contributed by atoms with Gasteiger partial charge in [-0.05, 0) is 17.8 Å². The second kappa shape index (κ2) is 5.72. The quantitative estimate of drug-likeness (QED) is 0.740. The fourth-order valence-corrected chi connectivity index (χ4v) is 4.05. The lowest BCUT2D eigenvalue weighted by molar-refractivity contribution is -0.159. The summed E-state index contributed by atoms with van der Waals surface area (Å²) < 4.78 is 0. The van der Waals surface area contributed by atoms with Crippen LogP contribution in [0.3, 0.4) is 0 Å². The molecular formula is C14H22O4. The number of hydrogen-bond acceptors (Lipinski definition) is 2. The van der Waals surface area contributed by atoms with Crippen molar-refractivity contribution in [2.24, 2.45) is 23.7 Å². The van der Waals surface area contributed by atoms with E-state index in [0.29, 0.717) is 11.8 Å². The molecule has 2 aliphatic rings. The zero-order valence-electron chi connectivity index (χ0n) is 10.7. The van der Waals surface area contributed by atoms with Gasteiger partial charge in [-0.3, -0.25) is 9.59 Å². The van der Waals surface area contributed by atoms with Crippen molar-refractivity contribution in [1.29, 1.82) is 0 Å². The first-order valence-electron chi connectivity index (χ1n) is 7.07. The Balaban J connectivity index is 2.20. The van der Waals surface area contributed by atoms with E-state index in [1.165, 1.54) is 0 Å². The highest BCUT2D eigenvalue weighted by Gasteiger charge is 2.44. The van der Waals surface area contributed by atoms with Crippen LogP contribution in [0.2, 0.25) is 0 Å². The Labute approximate surface area is 107 Å². The van der Waals surface area contributed by atoms with Crippen LogP contribution in [0.5, 0.6) is 0 Å². The molecule has 0 aromatic rings. The maximum absolute atomic E-state index is 11.3. The van der Waals surface area contributed by atoms with Gasteiger partial charge in [0.25, 0.3) is 0 Å². The van der Waals surface area contributed by atoms with Gasteiger partial charge in [0, 0.05) is 0 Å². The van der Waals surface area contributed by atoms with Crippen LogP contribution in [0.4, 0.5) is 0 Å². The number of aliphatic carboxylic acids is 2. The Hall–Kier alpha value is -1.06. The molecule has 0 atom stereocenters. The van der Waals surface area contributed by atoms with Gasteiger partial charge in [0.1, 0.15) is 0 Å². The van der Waals surface area contributed by atoms with E-state index >= 15 is 0 Å². The molecule has 0 amide bonds. The first-order valence-corrected chi connectivity index (χ1v) is 7.07. The Kier molecular flexibility index (Phi) is 4.25. The van der Waals surface area contributed by atoms with Crippen LogP contribution < -0.4 is 0 Å². The van der Waals surface area contributed by atoms with E-state index in [0.717, 1.165) is 51.4 Å². The lowest BCUT2D eigenvalue weighted by atomic mass is 9.71. The Morgan fingerprint density at radius 3 is 1.39 bits per heavy atom. The Morgan fingerprint density at radius 2 is 1.11 bits per heavy atom. The van der Waals surface area contributed by atoms with Crippen LogP contribution in [0.1, 0.15) is 51.4 Å². The van der Waals surface area contributed by atoms with E-state index in [-0.39, 0.29) is 5.92 Å². The third kappa shape index (κ3) is 2.68. The molecule has 2 N–H and O–H groups in total. The van der Waals surface area contributed by atoms with Crippen molar-refractivity contribution in [3.63, 3.8) is 0 Å². The van der Waals surface area contributed by atoms with Crippen LogP contribution in [0.15, 0.2) is 0 Å². The van der Waals surface area contributed by atoms with Gasteiger partial charge in [-0.2, -0.15) is 0 Å². The Morgan fingerprint density at radius 1 is 0.778 bits per heavy atom. The maximum atomic E-state index is 11.3. The summed E-state index contributed by atoms with van der Waals surface area (Å²) >= 11 is 0. The Bertz CT molecular complexity index is 284. The molecule has 4 heteroatoms. The van der Waals surface area contributed by atoms with E-state index in [1.807, 2.05) is 0 Å². The van der Waals surface area contributed by atoms with E-state index in [2.05, 4.69) is 0 Å². The summed E-state index contributed by atoms with van der Waals surface area (Å²) in [6, 6.07) is 0. The zero-order valence-corrected chi connectivity index (χ0v) is 10.7. The van der Waals surface area contributed by atoms with E-state index < -0.39 is 17.9 Å². The van der Waals surface area contributed by atoms with Gasteiger partial charge in [0.15, 0.2) is 5.92 Å². The molecule has 0 heterocycles. The van der Waals surface area contributed by atoms with Gasteiger partial charge in [-0.25, -0.2) is 0 Å². The molecule has 0 aromatic carbocycles. The summed E-state index contributed by atoms with van der Waals surface area (Å²) in [6.45, 7) is 0. The molecule has 0 spiro atoms. The fourth-order valence-electron chi connectivity index (χ4n) is 4.05. The van der Waals surface area contributed by atoms with Gasteiger partial charge in [0.2, 0.25) is 0 Å². The highest BCUT2D eigenvalue weighted by atomic mass is 16.4. The molecule has 2 fully saturated rings. The average Bonchev–Trinajstić information content (AvgIpc) is 2.98. The minimum atomic E-state index is -1.20. The van der Waals surface area contributed by atoms with Gasteiger partial charge in [0.05, 0.1) is 0 Å². The standard InChI is InChI=1S/C14H22O4/c15-13(16)12(14(17)18)11(9-5-1-2-6-9)10-7-3-4-8-10/h9-12H,1-8H2,(H,15,16)(H,17,18). The number of hydrogen-bond donors (Lipinski definition) is 2. The molecule has 0 saturated heterocycles. The van der Waals surface area contributed by atoms with Crippen LogP contribution in [0, 0.1) is 23.7 Å². The van der Waals surface area contributed by atoms with Gasteiger partial charge in [-0.1, -0.05) is 51.4 Å². The largest absolute Gasteiger partial charge is 0.481 e. The van der Waals surface area contributed by atoms with Crippen LogP contribution in [0.25, 0.3) is 0 Å². The molecule has 18 heavy (non-hydrogen) atoms. The highest BCUT2D eigenvalue weighted by Crippen LogP contribution is 2.45. The molecule has 0 aliphatic heterocycles. The molecule has 0 bridgehead atoms. The van der Waals surface area contributed by atoms with E-state index in [1.54, 1.807) is 0 Å². The molecule has 2 aliphatic carbocycles. The van der Waals surface area contributed by atoms with Crippen molar-refractivity contribution in [3.8, 4) is 0 Å². The summed E-state index contributed by atoms with van der Waals surface area (Å²) in [5.74, 6) is -3.02. The molecule has 2 saturated carbocycles. The molecule has 0 radical (unpaired) electrons. The van der Waals surface area contributed by atoms with Crippen molar-refractivity contribution in [1.82, 2.24) is 0 Å². The van der Waals surface area contributed by atoms with Crippen molar-refractivity contribution >= 4 is 11.9 Å². The van der Waals surface area contributed by atoms with Crippen LogP contribution in [-0.4, -0.2) is 22.2 Å². The molecule has 0 aromatic heterocycles. The smallest absolute Gasteiger partial charge is 0.318 e. The van der Waals surface area contributed by atoms with Crippen LogP contribution in [-0.2, 0) is 9.59 Å². The van der Waals surface area contributed by atoms with Gasteiger partial charge >= 0.3 is 11.9 Å². The van der Waals surface area contributed by atoms with Crippen molar-refractivity contribution in [2.45, 2.75) is 51.4 Å². The summed E-state index contributed by atoms with van der Waals surface area (Å²) in [4.78, 5) is 22.6. The van der Waals surface area contributed by atoms with Crippen molar-refractivity contribution in [2.75, 3.05) is 0 Å². The van der Waals surface area contributed by atoms with Gasteiger partial charge in [-0.15, -0.1) is 0 Å². The van der Waals surface area contributed by atoms with Crippen LogP contribution >= 0.6 is 0 Å². The monoisotopic (exact) mass is 254 g/mol. The molecule has 4 nitrogen and oxygen atoms in total. The van der Waals surface area contributed by atoms with Crippen molar-refractivity contribution in [3.05, 3.63) is 0 Å². The predicted molar refractivity (Wildman–Crippen MR) is 66.2 cm³/mol. The number of carbonyl (C=O) groups is 2. The maximum Gasteiger partial charge on any atom is 0.318 e.